The first kappa shape index (κ1) is 22.2. The highest BCUT2D eigenvalue weighted by Crippen LogP contribution is 2.63. The smallest absolute Gasteiger partial charge is 0.259 e. The molecule has 8 heteroatoms. The zero-order valence-electron chi connectivity index (χ0n) is 19.3. The molecule has 2 saturated carbocycles. The van der Waals surface area contributed by atoms with Crippen LogP contribution in [-0.4, -0.2) is 53.4 Å². The third-order valence-corrected chi connectivity index (χ3v) is 8.50. The molecule has 1 spiro atoms. The Labute approximate surface area is 197 Å². The van der Waals surface area contributed by atoms with E-state index in [-0.39, 0.29) is 28.7 Å². The van der Waals surface area contributed by atoms with Crippen LogP contribution in [0, 0.1) is 11.3 Å². The van der Waals surface area contributed by atoms with E-state index in [0.717, 1.165) is 12.0 Å². The summed E-state index contributed by atoms with van der Waals surface area (Å²) in [7, 11) is 3.25. The molecule has 2 aromatic rings. The van der Waals surface area contributed by atoms with E-state index >= 15 is 0 Å². The van der Waals surface area contributed by atoms with Gasteiger partial charge < -0.3 is 19.1 Å². The lowest BCUT2D eigenvalue weighted by atomic mass is 10.0. The molecule has 2 aromatic heterocycles. The minimum absolute atomic E-state index is 0.144. The summed E-state index contributed by atoms with van der Waals surface area (Å²) in [4.78, 5) is 43.2. The third kappa shape index (κ3) is 3.98. The number of fused-ring (bicyclic) bond motifs is 1. The number of rotatable bonds is 5. The van der Waals surface area contributed by atoms with Crippen LogP contribution in [0.15, 0.2) is 27.7 Å². The highest BCUT2D eigenvalue weighted by atomic mass is 32.1. The van der Waals surface area contributed by atoms with Crippen molar-refractivity contribution in [3.63, 3.8) is 0 Å². The van der Waals surface area contributed by atoms with Crippen LogP contribution >= 0.6 is 11.3 Å². The number of hydrogen-bond acceptors (Lipinski definition) is 5. The van der Waals surface area contributed by atoms with Gasteiger partial charge in [-0.3, -0.25) is 14.4 Å². The molecule has 0 bridgehead atoms. The standard InChI is InChI=1S/C25H31N3O4S/c1-26(15-17-6-12-33-16-17)24(31)22-19-5-9-27(10-11-28(19)21(29)13-20(22)32-2)23(30)18-14-25(18)7-3-4-8-25/h6,12-13,16,18H,3-5,7-11,14-15H2,1-2H3/t18-/m0/s1. The topological polar surface area (TPSA) is 71.8 Å². The van der Waals surface area contributed by atoms with Crippen LogP contribution in [0.2, 0.25) is 0 Å². The minimum Gasteiger partial charge on any atom is -0.496 e. The van der Waals surface area contributed by atoms with Crippen molar-refractivity contribution in [1.82, 2.24) is 14.4 Å². The Morgan fingerprint density at radius 1 is 1.24 bits per heavy atom. The Morgan fingerprint density at radius 2 is 2.03 bits per heavy atom. The van der Waals surface area contributed by atoms with Crippen LogP contribution in [0.5, 0.6) is 5.75 Å². The summed E-state index contributed by atoms with van der Waals surface area (Å²) in [6.07, 6.45) is 6.28. The maximum absolute atomic E-state index is 13.5. The minimum atomic E-state index is -0.188. The Morgan fingerprint density at radius 3 is 2.73 bits per heavy atom. The van der Waals surface area contributed by atoms with Gasteiger partial charge in [0.2, 0.25) is 5.91 Å². The van der Waals surface area contributed by atoms with Crippen LogP contribution in [0.1, 0.15) is 53.7 Å². The van der Waals surface area contributed by atoms with Crippen molar-refractivity contribution in [2.24, 2.45) is 11.3 Å². The summed E-state index contributed by atoms with van der Waals surface area (Å²) in [5, 5.41) is 4.01. The molecule has 3 aliphatic rings. The summed E-state index contributed by atoms with van der Waals surface area (Å²) >= 11 is 1.60. The van der Waals surface area contributed by atoms with Gasteiger partial charge in [0.1, 0.15) is 11.3 Å². The molecule has 0 N–H and O–H groups in total. The molecule has 1 aliphatic heterocycles. The summed E-state index contributed by atoms with van der Waals surface area (Å²) < 4.78 is 7.15. The van der Waals surface area contributed by atoms with E-state index in [1.165, 1.54) is 38.9 Å². The number of aromatic nitrogens is 1. The molecule has 176 valence electrons. The van der Waals surface area contributed by atoms with Crippen LogP contribution in [0.3, 0.4) is 0 Å². The van der Waals surface area contributed by atoms with E-state index in [0.29, 0.717) is 49.6 Å². The first-order valence-electron chi connectivity index (χ1n) is 11.8. The first-order valence-corrected chi connectivity index (χ1v) is 12.7. The van der Waals surface area contributed by atoms with Crippen molar-refractivity contribution in [2.75, 3.05) is 27.2 Å². The molecule has 2 aliphatic carbocycles. The Bertz CT molecular complexity index is 1120. The Hall–Kier alpha value is -2.61. The molecule has 5 rings (SSSR count). The fourth-order valence-corrected chi connectivity index (χ4v) is 6.49. The lowest BCUT2D eigenvalue weighted by Gasteiger charge is -2.22. The van der Waals surface area contributed by atoms with E-state index in [4.69, 9.17) is 4.74 Å². The SMILES string of the molecule is COc1cc(=O)n2c(c1C(=O)N(C)Cc1ccsc1)CCN(C(=O)[C@@H]1CC13CCCC3)CC2. The molecule has 0 unspecified atom stereocenters. The van der Waals surface area contributed by atoms with Crippen LogP contribution in [0.25, 0.3) is 0 Å². The molecule has 0 aromatic carbocycles. The quantitative estimate of drug-likeness (QED) is 0.675. The number of amides is 2. The molecular formula is C25H31N3O4S. The number of nitrogens with zero attached hydrogens (tertiary/aromatic N) is 3. The number of carbonyl (C=O) groups is 2. The number of pyridine rings is 1. The lowest BCUT2D eigenvalue weighted by molar-refractivity contribution is -0.133. The maximum atomic E-state index is 13.5. The fourth-order valence-electron chi connectivity index (χ4n) is 5.83. The number of thiophene rings is 1. The van der Waals surface area contributed by atoms with Gasteiger partial charge in [-0.05, 0) is 47.1 Å². The molecule has 2 amide bonds. The Balaban J connectivity index is 1.40. The van der Waals surface area contributed by atoms with E-state index in [1.807, 2.05) is 21.7 Å². The summed E-state index contributed by atoms with van der Waals surface area (Å²) in [6.45, 7) is 1.91. The molecule has 7 nitrogen and oxygen atoms in total. The second-order valence-electron chi connectivity index (χ2n) is 9.72. The molecule has 33 heavy (non-hydrogen) atoms. The highest BCUT2D eigenvalue weighted by Gasteiger charge is 2.59. The Kier molecular flexibility index (Phi) is 5.80. The number of hydrogen-bond donors (Lipinski definition) is 0. The lowest BCUT2D eigenvalue weighted by Crippen LogP contribution is -2.36. The predicted octanol–water partition coefficient (Wildman–Crippen LogP) is 3.16. The van der Waals surface area contributed by atoms with E-state index < -0.39 is 0 Å². The van der Waals surface area contributed by atoms with E-state index in [1.54, 1.807) is 27.9 Å². The predicted molar refractivity (Wildman–Crippen MR) is 127 cm³/mol. The van der Waals surface area contributed by atoms with Crippen LogP contribution in [0.4, 0.5) is 0 Å². The van der Waals surface area contributed by atoms with Gasteiger partial charge in [0.05, 0.1) is 7.11 Å². The average molecular weight is 470 g/mol. The maximum Gasteiger partial charge on any atom is 0.259 e. The van der Waals surface area contributed by atoms with Crippen molar-refractivity contribution in [1.29, 1.82) is 0 Å². The van der Waals surface area contributed by atoms with Gasteiger partial charge in [-0.2, -0.15) is 11.3 Å². The molecular weight excluding hydrogens is 438 g/mol. The average Bonchev–Trinajstić information content (AvgIpc) is 3.05. The molecule has 1 atom stereocenters. The normalized spacial score (nSPS) is 20.9. The van der Waals surface area contributed by atoms with Crippen LogP contribution in [-0.2, 0) is 24.3 Å². The van der Waals surface area contributed by atoms with Crippen molar-refractivity contribution < 1.29 is 14.3 Å². The van der Waals surface area contributed by atoms with Gasteiger partial charge in [-0.1, -0.05) is 12.8 Å². The van der Waals surface area contributed by atoms with Crippen molar-refractivity contribution >= 4 is 23.2 Å². The summed E-state index contributed by atoms with van der Waals surface area (Å²) in [6, 6.07) is 3.40. The van der Waals surface area contributed by atoms with Gasteiger partial charge in [-0.15, -0.1) is 0 Å². The van der Waals surface area contributed by atoms with E-state index in [9.17, 15) is 14.4 Å². The highest BCUT2D eigenvalue weighted by molar-refractivity contribution is 7.07. The van der Waals surface area contributed by atoms with E-state index in [2.05, 4.69) is 0 Å². The van der Waals surface area contributed by atoms with Crippen molar-refractivity contribution in [2.45, 2.75) is 51.6 Å². The molecule has 2 fully saturated rings. The van der Waals surface area contributed by atoms with Crippen molar-refractivity contribution in [3.05, 3.63) is 50.1 Å². The van der Waals surface area contributed by atoms with Gasteiger partial charge in [0.15, 0.2) is 0 Å². The second-order valence-corrected chi connectivity index (χ2v) is 10.5. The molecule has 0 saturated heterocycles. The number of ether oxygens (including phenoxy) is 1. The number of carbonyl (C=O) groups excluding carboxylic acids is 2. The largest absolute Gasteiger partial charge is 0.496 e. The molecule has 3 heterocycles. The fraction of sp³-hybridized carbons (Fsp3) is 0.560. The van der Waals surface area contributed by atoms with Gasteiger partial charge >= 0.3 is 0 Å². The zero-order chi connectivity index (χ0) is 23.2. The number of methoxy groups -OCH3 is 1. The second kappa shape index (κ2) is 8.63. The van der Waals surface area contributed by atoms with Gasteiger partial charge in [0, 0.05) is 57.3 Å². The molecule has 0 radical (unpaired) electrons. The van der Waals surface area contributed by atoms with Crippen molar-refractivity contribution in [3.8, 4) is 5.75 Å². The third-order valence-electron chi connectivity index (χ3n) is 7.77. The summed E-state index contributed by atoms with van der Waals surface area (Å²) in [5.74, 6) is 0.506. The first-order chi connectivity index (χ1) is 15.9. The van der Waals surface area contributed by atoms with Crippen LogP contribution < -0.4 is 10.3 Å². The monoisotopic (exact) mass is 469 g/mol. The van der Waals surface area contributed by atoms with Gasteiger partial charge in [0.25, 0.3) is 11.5 Å². The van der Waals surface area contributed by atoms with Gasteiger partial charge in [-0.25, -0.2) is 0 Å². The summed E-state index contributed by atoms with van der Waals surface area (Å²) in [5.41, 5.74) is 2.23. The zero-order valence-corrected chi connectivity index (χ0v) is 20.2.